The number of nitrogens with zero attached hydrogens (tertiary/aromatic N) is 1. The first-order valence-electron chi connectivity index (χ1n) is 7.02. The van der Waals surface area contributed by atoms with Crippen LogP contribution in [0, 0.1) is 22.0 Å². The van der Waals surface area contributed by atoms with E-state index in [2.05, 4.69) is 24.6 Å². The molecule has 0 heterocycles. The van der Waals surface area contributed by atoms with Crippen molar-refractivity contribution >= 4 is 17.1 Å². The Morgan fingerprint density at radius 3 is 2.50 bits per heavy atom. The molecule has 1 saturated carbocycles. The van der Waals surface area contributed by atoms with Crippen molar-refractivity contribution in [1.29, 1.82) is 0 Å². The molecular weight excluding hydrogens is 256 g/mol. The molecule has 20 heavy (non-hydrogen) atoms. The second kappa shape index (κ2) is 6.09. The second-order valence-electron chi connectivity index (χ2n) is 5.78. The SMILES string of the molecule is CC1CCC(Nc2cc(NN)cc([N+](=O)[O-])c2)CC1C. The zero-order valence-corrected chi connectivity index (χ0v) is 11.9. The Balaban J connectivity index is 2.12. The van der Waals surface area contributed by atoms with Crippen LogP contribution in [-0.4, -0.2) is 11.0 Å². The summed E-state index contributed by atoms with van der Waals surface area (Å²) in [7, 11) is 0. The minimum absolute atomic E-state index is 0.0418. The summed E-state index contributed by atoms with van der Waals surface area (Å²) in [5.74, 6) is 6.78. The summed E-state index contributed by atoms with van der Waals surface area (Å²) < 4.78 is 0. The van der Waals surface area contributed by atoms with Crippen molar-refractivity contribution in [3.63, 3.8) is 0 Å². The van der Waals surface area contributed by atoms with Crippen molar-refractivity contribution in [2.45, 2.75) is 39.2 Å². The number of rotatable bonds is 4. The van der Waals surface area contributed by atoms with Gasteiger partial charge in [0.1, 0.15) is 0 Å². The fourth-order valence-electron chi connectivity index (χ4n) is 2.80. The van der Waals surface area contributed by atoms with E-state index >= 15 is 0 Å². The van der Waals surface area contributed by atoms with E-state index < -0.39 is 4.92 Å². The normalized spacial score (nSPS) is 26.1. The number of nitrogen functional groups attached to an aromatic ring is 1. The highest BCUT2D eigenvalue weighted by Gasteiger charge is 2.24. The molecule has 1 aliphatic carbocycles. The summed E-state index contributed by atoms with van der Waals surface area (Å²) in [6.07, 6.45) is 3.38. The fraction of sp³-hybridized carbons (Fsp3) is 0.571. The number of nitrogens with one attached hydrogen (secondary N) is 2. The van der Waals surface area contributed by atoms with Crippen molar-refractivity contribution in [3.05, 3.63) is 28.3 Å². The number of hydrogen-bond acceptors (Lipinski definition) is 5. The molecule has 4 N–H and O–H groups in total. The molecule has 1 aromatic carbocycles. The van der Waals surface area contributed by atoms with Gasteiger partial charge in [-0.05, 0) is 37.2 Å². The zero-order valence-electron chi connectivity index (χ0n) is 11.9. The third-order valence-electron chi connectivity index (χ3n) is 4.26. The van der Waals surface area contributed by atoms with Crippen molar-refractivity contribution < 1.29 is 4.92 Å². The molecule has 0 saturated heterocycles. The maximum atomic E-state index is 10.9. The highest BCUT2D eigenvalue weighted by molar-refractivity contribution is 5.63. The highest BCUT2D eigenvalue weighted by Crippen LogP contribution is 2.32. The molecule has 0 radical (unpaired) electrons. The van der Waals surface area contributed by atoms with Crippen LogP contribution in [0.5, 0.6) is 0 Å². The van der Waals surface area contributed by atoms with Gasteiger partial charge in [-0.2, -0.15) is 0 Å². The van der Waals surface area contributed by atoms with Gasteiger partial charge in [0.25, 0.3) is 5.69 Å². The first kappa shape index (κ1) is 14.6. The molecule has 0 aromatic heterocycles. The minimum atomic E-state index is -0.405. The number of hydrogen-bond donors (Lipinski definition) is 3. The number of nitro benzene ring substituents is 1. The van der Waals surface area contributed by atoms with Gasteiger partial charge < -0.3 is 10.7 Å². The van der Waals surface area contributed by atoms with Crippen LogP contribution in [0.3, 0.4) is 0 Å². The lowest BCUT2D eigenvalue weighted by molar-refractivity contribution is -0.384. The standard InChI is InChI=1S/C14H22N4O2/c1-9-3-4-11(5-10(9)2)16-12-6-13(17-15)8-14(7-12)18(19)20/h6-11,16-17H,3-5,15H2,1-2H3. The molecule has 1 aromatic rings. The first-order valence-corrected chi connectivity index (χ1v) is 7.02. The maximum absolute atomic E-state index is 10.9. The van der Waals surface area contributed by atoms with Crippen LogP contribution < -0.4 is 16.6 Å². The lowest BCUT2D eigenvalue weighted by Gasteiger charge is -2.33. The zero-order chi connectivity index (χ0) is 14.7. The lowest BCUT2D eigenvalue weighted by Crippen LogP contribution is -2.30. The molecular formula is C14H22N4O2. The summed E-state index contributed by atoms with van der Waals surface area (Å²) in [5, 5.41) is 14.3. The molecule has 0 spiro atoms. The fourth-order valence-corrected chi connectivity index (χ4v) is 2.80. The molecule has 110 valence electrons. The Morgan fingerprint density at radius 2 is 1.90 bits per heavy atom. The van der Waals surface area contributed by atoms with Crippen LogP contribution in [0.15, 0.2) is 18.2 Å². The number of nitro groups is 1. The largest absolute Gasteiger partial charge is 0.382 e. The van der Waals surface area contributed by atoms with E-state index in [1.54, 1.807) is 12.1 Å². The van der Waals surface area contributed by atoms with Crippen molar-refractivity contribution in [3.8, 4) is 0 Å². The van der Waals surface area contributed by atoms with E-state index in [1.165, 1.54) is 12.5 Å². The number of non-ortho nitro benzene ring substituents is 1. The van der Waals surface area contributed by atoms with Gasteiger partial charge in [0.2, 0.25) is 0 Å². The molecule has 6 heteroatoms. The van der Waals surface area contributed by atoms with Gasteiger partial charge in [-0.1, -0.05) is 13.8 Å². The molecule has 0 aliphatic heterocycles. The summed E-state index contributed by atoms with van der Waals surface area (Å²) in [4.78, 5) is 10.5. The van der Waals surface area contributed by atoms with Gasteiger partial charge in [-0.15, -0.1) is 0 Å². The molecule has 1 fully saturated rings. The topological polar surface area (TPSA) is 93.2 Å². The van der Waals surface area contributed by atoms with Crippen LogP contribution >= 0.6 is 0 Å². The van der Waals surface area contributed by atoms with E-state index in [1.807, 2.05) is 0 Å². The molecule has 0 bridgehead atoms. The van der Waals surface area contributed by atoms with E-state index in [0.29, 0.717) is 17.6 Å². The average molecular weight is 278 g/mol. The number of hydrazine groups is 1. The van der Waals surface area contributed by atoms with Gasteiger partial charge in [-0.25, -0.2) is 0 Å². The summed E-state index contributed by atoms with van der Waals surface area (Å²) in [5.41, 5.74) is 3.80. The van der Waals surface area contributed by atoms with E-state index in [0.717, 1.165) is 24.4 Å². The predicted molar refractivity (Wildman–Crippen MR) is 80.5 cm³/mol. The number of nitrogens with two attached hydrogens (primary N) is 1. The number of anilines is 2. The van der Waals surface area contributed by atoms with Gasteiger partial charge in [0, 0.05) is 23.9 Å². The highest BCUT2D eigenvalue weighted by atomic mass is 16.6. The van der Waals surface area contributed by atoms with Crippen LogP contribution in [-0.2, 0) is 0 Å². The quantitative estimate of drug-likeness (QED) is 0.447. The van der Waals surface area contributed by atoms with Crippen LogP contribution in [0.1, 0.15) is 33.1 Å². The smallest absolute Gasteiger partial charge is 0.273 e. The van der Waals surface area contributed by atoms with Crippen LogP contribution in [0.4, 0.5) is 17.1 Å². The minimum Gasteiger partial charge on any atom is -0.382 e. The van der Waals surface area contributed by atoms with Gasteiger partial charge in [-0.3, -0.25) is 16.0 Å². The summed E-state index contributed by atoms with van der Waals surface area (Å²) in [6.45, 7) is 4.55. The Morgan fingerprint density at radius 1 is 1.20 bits per heavy atom. The Hall–Kier alpha value is -1.82. The third-order valence-corrected chi connectivity index (χ3v) is 4.26. The van der Waals surface area contributed by atoms with Gasteiger partial charge in [0.15, 0.2) is 0 Å². The average Bonchev–Trinajstić information content (AvgIpc) is 2.42. The van der Waals surface area contributed by atoms with E-state index in [-0.39, 0.29) is 5.69 Å². The molecule has 1 aliphatic rings. The Kier molecular flexibility index (Phi) is 4.44. The van der Waals surface area contributed by atoms with Gasteiger partial charge in [0.05, 0.1) is 10.6 Å². The van der Waals surface area contributed by atoms with E-state index in [4.69, 9.17) is 5.84 Å². The molecule has 2 rings (SSSR count). The first-order chi connectivity index (χ1) is 9.49. The van der Waals surface area contributed by atoms with Crippen LogP contribution in [0.2, 0.25) is 0 Å². The molecule has 3 atom stereocenters. The lowest BCUT2D eigenvalue weighted by atomic mass is 9.79. The van der Waals surface area contributed by atoms with Crippen molar-refractivity contribution in [2.24, 2.45) is 17.7 Å². The summed E-state index contributed by atoms with van der Waals surface area (Å²) in [6, 6.07) is 5.16. The van der Waals surface area contributed by atoms with Crippen LogP contribution in [0.25, 0.3) is 0 Å². The summed E-state index contributed by atoms with van der Waals surface area (Å²) >= 11 is 0. The molecule has 0 amide bonds. The van der Waals surface area contributed by atoms with Gasteiger partial charge >= 0.3 is 0 Å². The Labute approximate surface area is 118 Å². The van der Waals surface area contributed by atoms with Crippen molar-refractivity contribution in [2.75, 3.05) is 10.7 Å². The molecule has 3 unspecified atom stereocenters. The molecule has 6 nitrogen and oxygen atoms in total. The Bertz CT molecular complexity index is 492. The van der Waals surface area contributed by atoms with E-state index in [9.17, 15) is 10.1 Å². The number of benzene rings is 1. The third kappa shape index (κ3) is 3.39. The monoisotopic (exact) mass is 278 g/mol. The van der Waals surface area contributed by atoms with Crippen molar-refractivity contribution in [1.82, 2.24) is 0 Å². The maximum Gasteiger partial charge on any atom is 0.273 e. The second-order valence-corrected chi connectivity index (χ2v) is 5.78. The predicted octanol–water partition coefficient (Wildman–Crippen LogP) is 3.12.